The van der Waals surface area contributed by atoms with Crippen LogP contribution >= 0.6 is 12.4 Å². The first kappa shape index (κ1) is 19.5. The molecule has 136 valence electrons. The van der Waals surface area contributed by atoms with Gasteiger partial charge in [0.1, 0.15) is 0 Å². The maximum Gasteiger partial charge on any atom is 0.374 e. The summed E-state index contributed by atoms with van der Waals surface area (Å²) in [7, 11) is -3.84. The van der Waals surface area contributed by atoms with Crippen LogP contribution in [0.15, 0.2) is 39.8 Å². The standard InChI is InChI=1S/C16H18N2O5S.ClH/c1-2-22-16(19)14-5-6-15(23-14)24(20,21)18-8-11-3-4-12-9-17-10-13(12)7-11;/h3-7,17-18H,2,8-10H2,1H3;1H. The monoisotopic (exact) mass is 386 g/mol. The van der Waals surface area contributed by atoms with E-state index in [9.17, 15) is 13.2 Å². The van der Waals surface area contributed by atoms with E-state index in [4.69, 9.17) is 9.15 Å². The first-order valence-corrected chi connectivity index (χ1v) is 9.06. The maximum atomic E-state index is 12.3. The third-order valence-electron chi connectivity index (χ3n) is 3.69. The van der Waals surface area contributed by atoms with Crippen molar-refractivity contribution >= 4 is 28.4 Å². The Morgan fingerprint density at radius 3 is 2.76 bits per heavy atom. The van der Waals surface area contributed by atoms with Crippen molar-refractivity contribution in [3.05, 3.63) is 52.8 Å². The summed E-state index contributed by atoms with van der Waals surface area (Å²) in [5.74, 6) is -0.828. The number of nitrogens with one attached hydrogen (secondary N) is 2. The van der Waals surface area contributed by atoms with Gasteiger partial charge >= 0.3 is 5.97 Å². The molecule has 0 saturated carbocycles. The highest BCUT2D eigenvalue weighted by atomic mass is 35.5. The number of rotatable bonds is 6. The minimum absolute atomic E-state index is 0. The number of hydrogen-bond donors (Lipinski definition) is 2. The van der Waals surface area contributed by atoms with E-state index in [1.165, 1.54) is 23.3 Å². The van der Waals surface area contributed by atoms with Gasteiger partial charge in [0.15, 0.2) is 0 Å². The Morgan fingerprint density at radius 2 is 2.00 bits per heavy atom. The summed E-state index contributed by atoms with van der Waals surface area (Å²) in [4.78, 5) is 11.5. The van der Waals surface area contributed by atoms with E-state index in [0.717, 1.165) is 18.7 Å². The van der Waals surface area contributed by atoms with Crippen LogP contribution in [0.25, 0.3) is 0 Å². The molecular weight excluding hydrogens is 368 g/mol. The first-order valence-electron chi connectivity index (χ1n) is 7.57. The number of furan rings is 1. The van der Waals surface area contributed by atoms with Gasteiger partial charge in [-0.3, -0.25) is 0 Å². The molecule has 1 aromatic heterocycles. The summed E-state index contributed by atoms with van der Waals surface area (Å²) in [6.07, 6.45) is 0. The van der Waals surface area contributed by atoms with Crippen LogP contribution in [0.4, 0.5) is 0 Å². The number of benzene rings is 1. The van der Waals surface area contributed by atoms with Gasteiger partial charge in [0.2, 0.25) is 10.9 Å². The second kappa shape index (κ2) is 8.01. The molecule has 1 aliphatic rings. The fourth-order valence-electron chi connectivity index (χ4n) is 2.48. The molecule has 2 N–H and O–H groups in total. The van der Waals surface area contributed by atoms with Crippen LogP contribution in [0, 0.1) is 0 Å². The topological polar surface area (TPSA) is 97.6 Å². The molecule has 2 aromatic rings. The van der Waals surface area contributed by atoms with Crippen molar-refractivity contribution < 1.29 is 22.4 Å². The Morgan fingerprint density at radius 1 is 1.24 bits per heavy atom. The van der Waals surface area contributed by atoms with Crippen molar-refractivity contribution in [1.29, 1.82) is 0 Å². The molecule has 7 nitrogen and oxygen atoms in total. The predicted octanol–water partition coefficient (Wildman–Crippen LogP) is 1.96. The van der Waals surface area contributed by atoms with Gasteiger partial charge in [0.05, 0.1) is 6.61 Å². The number of sulfonamides is 1. The zero-order valence-electron chi connectivity index (χ0n) is 13.6. The van der Waals surface area contributed by atoms with Gasteiger partial charge in [-0.15, -0.1) is 12.4 Å². The summed E-state index contributed by atoms with van der Waals surface area (Å²) in [5, 5.41) is 2.93. The lowest BCUT2D eigenvalue weighted by Gasteiger charge is -2.06. The molecule has 0 unspecified atom stereocenters. The van der Waals surface area contributed by atoms with Gasteiger partial charge in [-0.05, 0) is 35.7 Å². The summed E-state index contributed by atoms with van der Waals surface area (Å²) >= 11 is 0. The third-order valence-corrected chi connectivity index (χ3v) is 4.96. The van der Waals surface area contributed by atoms with Crippen LogP contribution < -0.4 is 10.0 Å². The molecule has 0 atom stereocenters. The molecule has 3 rings (SSSR count). The number of carbonyl (C=O) groups excluding carboxylic acids is 1. The molecule has 0 bridgehead atoms. The highest BCUT2D eigenvalue weighted by Gasteiger charge is 2.22. The van der Waals surface area contributed by atoms with Crippen molar-refractivity contribution in [2.24, 2.45) is 0 Å². The van der Waals surface area contributed by atoms with Gasteiger partial charge < -0.3 is 14.5 Å². The van der Waals surface area contributed by atoms with Gasteiger partial charge in [-0.25, -0.2) is 17.9 Å². The molecule has 0 aliphatic carbocycles. The van der Waals surface area contributed by atoms with E-state index in [2.05, 4.69) is 10.0 Å². The lowest BCUT2D eigenvalue weighted by molar-refractivity contribution is 0.0484. The minimum Gasteiger partial charge on any atom is -0.460 e. The zero-order chi connectivity index (χ0) is 17.2. The van der Waals surface area contributed by atoms with Gasteiger partial charge in [0, 0.05) is 19.6 Å². The Hall–Kier alpha value is -1.87. The highest BCUT2D eigenvalue weighted by molar-refractivity contribution is 7.89. The number of ether oxygens (including phenoxy) is 1. The van der Waals surface area contributed by atoms with Crippen LogP contribution in [0.5, 0.6) is 0 Å². The Labute approximate surface area is 152 Å². The highest BCUT2D eigenvalue weighted by Crippen LogP contribution is 2.18. The van der Waals surface area contributed by atoms with Crippen molar-refractivity contribution in [2.45, 2.75) is 31.7 Å². The molecule has 0 fully saturated rings. The Balaban J connectivity index is 0.00000225. The zero-order valence-corrected chi connectivity index (χ0v) is 15.2. The first-order chi connectivity index (χ1) is 11.5. The molecule has 9 heteroatoms. The van der Waals surface area contributed by atoms with Crippen LogP contribution in [0.2, 0.25) is 0 Å². The SMILES string of the molecule is CCOC(=O)c1ccc(S(=O)(=O)NCc2ccc3c(c2)CNC3)o1.Cl. The van der Waals surface area contributed by atoms with E-state index >= 15 is 0 Å². The van der Waals surface area contributed by atoms with Gasteiger partial charge in [0.25, 0.3) is 10.0 Å². The largest absolute Gasteiger partial charge is 0.460 e. The molecular formula is C16H19ClN2O5S. The quantitative estimate of drug-likeness (QED) is 0.736. The smallest absolute Gasteiger partial charge is 0.374 e. The summed E-state index contributed by atoms with van der Waals surface area (Å²) in [6.45, 7) is 3.62. The average Bonchev–Trinajstić information content (AvgIpc) is 3.22. The van der Waals surface area contributed by atoms with E-state index in [1.807, 2.05) is 18.2 Å². The van der Waals surface area contributed by atoms with Crippen LogP contribution in [-0.2, 0) is 34.4 Å². The van der Waals surface area contributed by atoms with E-state index in [1.54, 1.807) is 6.92 Å². The maximum absolute atomic E-state index is 12.3. The summed E-state index contributed by atoms with van der Waals surface area (Å²) in [6, 6.07) is 8.38. The second-order valence-corrected chi connectivity index (χ2v) is 7.07. The fourth-order valence-corrected chi connectivity index (χ4v) is 3.43. The molecule has 0 spiro atoms. The van der Waals surface area contributed by atoms with Crippen LogP contribution in [0.1, 0.15) is 34.2 Å². The lowest BCUT2D eigenvalue weighted by atomic mass is 10.1. The molecule has 0 radical (unpaired) electrons. The summed E-state index contributed by atoms with van der Waals surface area (Å²) in [5.41, 5.74) is 3.26. The molecule has 0 saturated heterocycles. The van der Waals surface area contributed by atoms with Gasteiger partial charge in [-0.2, -0.15) is 0 Å². The number of halogens is 1. The van der Waals surface area contributed by atoms with Crippen molar-refractivity contribution in [1.82, 2.24) is 10.0 Å². The average molecular weight is 387 g/mol. The molecule has 1 aliphatic heterocycles. The lowest BCUT2D eigenvalue weighted by Crippen LogP contribution is -2.23. The molecule has 25 heavy (non-hydrogen) atoms. The summed E-state index contributed by atoms with van der Waals surface area (Å²) < 4.78 is 36.9. The predicted molar refractivity (Wildman–Crippen MR) is 92.9 cm³/mol. The molecule has 0 amide bonds. The van der Waals surface area contributed by atoms with Crippen LogP contribution in [0.3, 0.4) is 0 Å². The minimum atomic E-state index is -3.84. The molecule has 1 aromatic carbocycles. The van der Waals surface area contributed by atoms with E-state index < -0.39 is 16.0 Å². The van der Waals surface area contributed by atoms with E-state index in [-0.39, 0.29) is 36.4 Å². The number of hydrogen-bond acceptors (Lipinski definition) is 6. The molecule has 2 heterocycles. The Bertz CT molecular complexity index is 863. The Kier molecular flexibility index (Phi) is 6.23. The van der Waals surface area contributed by atoms with E-state index in [0.29, 0.717) is 0 Å². The number of esters is 1. The van der Waals surface area contributed by atoms with Crippen LogP contribution in [-0.4, -0.2) is 21.0 Å². The number of carbonyl (C=O) groups is 1. The van der Waals surface area contributed by atoms with Gasteiger partial charge in [-0.1, -0.05) is 18.2 Å². The fraction of sp³-hybridized carbons (Fsp3) is 0.312. The van der Waals surface area contributed by atoms with Crippen molar-refractivity contribution in [3.8, 4) is 0 Å². The van der Waals surface area contributed by atoms with Crippen molar-refractivity contribution in [2.75, 3.05) is 6.61 Å². The third kappa shape index (κ3) is 4.40. The van der Waals surface area contributed by atoms with Crippen molar-refractivity contribution in [3.63, 3.8) is 0 Å². The second-order valence-electron chi connectivity index (χ2n) is 5.37. The number of fused-ring (bicyclic) bond motifs is 1. The normalized spacial score (nSPS) is 13.2.